The average Bonchev–Trinajstić information content (AvgIpc) is 2.65. The molecule has 0 heterocycles. The topological polar surface area (TPSA) is 106 Å². The highest BCUT2D eigenvalue weighted by atomic mass is 16.5. The molecule has 3 N–H and O–H groups in total. The van der Waals surface area contributed by atoms with Crippen LogP contribution in [-0.2, 0) is 9.59 Å². The zero-order valence-corrected chi connectivity index (χ0v) is 14.4. The lowest BCUT2D eigenvalue weighted by molar-refractivity contribution is -0.123. The van der Waals surface area contributed by atoms with Gasteiger partial charge in [0.15, 0.2) is 6.61 Å². The first kappa shape index (κ1) is 18.8. The van der Waals surface area contributed by atoms with Gasteiger partial charge < -0.3 is 14.8 Å². The Morgan fingerprint density at radius 2 is 1.50 bits per heavy atom. The van der Waals surface area contributed by atoms with E-state index >= 15 is 0 Å². The highest BCUT2D eigenvalue weighted by Gasteiger charge is 2.08. The van der Waals surface area contributed by atoms with Gasteiger partial charge >= 0.3 is 0 Å². The fourth-order valence-electron chi connectivity index (χ4n) is 1.96. The van der Waals surface area contributed by atoms with Crippen LogP contribution in [0.25, 0.3) is 0 Å². The van der Waals surface area contributed by atoms with E-state index in [-0.39, 0.29) is 12.5 Å². The summed E-state index contributed by atoms with van der Waals surface area (Å²) in [4.78, 5) is 34.6. The molecule has 0 unspecified atom stereocenters. The standard InChI is InChI=1S/C18H19N3O5/c1-12(22)19-14-5-3-13(4-6-14)18(24)21-20-17(23)11-26-16-9-7-15(25-2)8-10-16/h3-10H,11H2,1-2H3,(H,19,22)(H,20,23)(H,21,24). The number of amides is 3. The minimum atomic E-state index is -0.510. The molecule has 0 bridgehead atoms. The monoisotopic (exact) mass is 357 g/mol. The molecule has 0 aliphatic heterocycles. The van der Waals surface area contributed by atoms with Crippen molar-refractivity contribution in [1.29, 1.82) is 0 Å². The Balaban J connectivity index is 1.77. The van der Waals surface area contributed by atoms with Crippen molar-refractivity contribution < 1.29 is 23.9 Å². The molecule has 26 heavy (non-hydrogen) atoms. The number of hydrazine groups is 1. The van der Waals surface area contributed by atoms with Gasteiger partial charge in [0.2, 0.25) is 5.91 Å². The van der Waals surface area contributed by atoms with Gasteiger partial charge in [0, 0.05) is 18.2 Å². The first-order chi connectivity index (χ1) is 12.5. The van der Waals surface area contributed by atoms with Crippen molar-refractivity contribution >= 4 is 23.4 Å². The second kappa shape index (κ2) is 9.07. The van der Waals surface area contributed by atoms with E-state index in [4.69, 9.17) is 9.47 Å². The van der Waals surface area contributed by atoms with Crippen LogP contribution < -0.4 is 25.6 Å². The highest BCUT2D eigenvalue weighted by Crippen LogP contribution is 2.16. The molecule has 0 spiro atoms. The van der Waals surface area contributed by atoms with E-state index in [2.05, 4.69) is 16.2 Å². The Bertz CT molecular complexity index is 772. The summed E-state index contributed by atoms with van der Waals surface area (Å²) in [5, 5.41) is 2.60. The molecule has 8 nitrogen and oxygen atoms in total. The fourth-order valence-corrected chi connectivity index (χ4v) is 1.96. The van der Waals surface area contributed by atoms with Crippen LogP contribution in [-0.4, -0.2) is 31.4 Å². The molecule has 8 heteroatoms. The van der Waals surface area contributed by atoms with Crippen molar-refractivity contribution in [2.75, 3.05) is 19.0 Å². The van der Waals surface area contributed by atoms with Gasteiger partial charge in [-0.15, -0.1) is 0 Å². The first-order valence-corrected chi connectivity index (χ1v) is 7.71. The predicted octanol–water partition coefficient (Wildman–Crippen LogP) is 1.49. The zero-order valence-electron chi connectivity index (χ0n) is 14.4. The maximum atomic E-state index is 12.0. The fraction of sp³-hybridized carbons (Fsp3) is 0.167. The predicted molar refractivity (Wildman–Crippen MR) is 94.8 cm³/mol. The summed E-state index contributed by atoms with van der Waals surface area (Å²) in [6.45, 7) is 1.14. The second-order valence-corrected chi connectivity index (χ2v) is 5.23. The van der Waals surface area contributed by atoms with E-state index in [1.807, 2.05) is 0 Å². The van der Waals surface area contributed by atoms with Crippen molar-refractivity contribution in [1.82, 2.24) is 10.9 Å². The molecule has 0 atom stereocenters. The lowest BCUT2D eigenvalue weighted by Gasteiger charge is -2.09. The Morgan fingerprint density at radius 3 is 2.08 bits per heavy atom. The van der Waals surface area contributed by atoms with Crippen LogP contribution >= 0.6 is 0 Å². The molecule has 2 aromatic carbocycles. The van der Waals surface area contributed by atoms with Gasteiger partial charge in [-0.3, -0.25) is 25.2 Å². The molecule has 0 aliphatic carbocycles. The second-order valence-electron chi connectivity index (χ2n) is 5.23. The van der Waals surface area contributed by atoms with E-state index in [0.717, 1.165) is 0 Å². The minimum absolute atomic E-state index is 0.202. The first-order valence-electron chi connectivity index (χ1n) is 7.71. The van der Waals surface area contributed by atoms with Crippen LogP contribution in [0.1, 0.15) is 17.3 Å². The van der Waals surface area contributed by atoms with Crippen LogP contribution in [0.15, 0.2) is 48.5 Å². The molecule has 136 valence electrons. The van der Waals surface area contributed by atoms with Crippen LogP contribution in [0, 0.1) is 0 Å². The molecule has 0 saturated carbocycles. The Labute approximate surface area is 150 Å². The molecule has 2 rings (SSSR count). The van der Waals surface area contributed by atoms with Gasteiger partial charge in [0.1, 0.15) is 11.5 Å². The van der Waals surface area contributed by atoms with Crippen LogP contribution in [0.3, 0.4) is 0 Å². The van der Waals surface area contributed by atoms with E-state index in [9.17, 15) is 14.4 Å². The summed E-state index contributed by atoms with van der Waals surface area (Å²) < 4.78 is 10.3. The van der Waals surface area contributed by atoms with E-state index < -0.39 is 11.8 Å². The van der Waals surface area contributed by atoms with E-state index in [0.29, 0.717) is 22.7 Å². The Morgan fingerprint density at radius 1 is 0.885 bits per heavy atom. The summed E-state index contributed by atoms with van der Waals surface area (Å²) >= 11 is 0. The average molecular weight is 357 g/mol. The third-order valence-electron chi connectivity index (χ3n) is 3.21. The largest absolute Gasteiger partial charge is 0.497 e. The van der Waals surface area contributed by atoms with Crippen molar-refractivity contribution in [3.63, 3.8) is 0 Å². The van der Waals surface area contributed by atoms with Gasteiger partial charge in [-0.2, -0.15) is 0 Å². The number of anilines is 1. The third-order valence-corrected chi connectivity index (χ3v) is 3.21. The van der Waals surface area contributed by atoms with Gasteiger partial charge in [-0.05, 0) is 48.5 Å². The summed E-state index contributed by atoms with van der Waals surface area (Å²) in [5.41, 5.74) is 5.45. The number of rotatable bonds is 6. The van der Waals surface area contributed by atoms with Gasteiger partial charge in [-0.25, -0.2) is 0 Å². The molecule has 0 aliphatic rings. The molecule has 3 amide bonds. The van der Waals surface area contributed by atoms with Crippen LogP contribution in [0.4, 0.5) is 5.69 Å². The molecular weight excluding hydrogens is 338 g/mol. The molecular formula is C18H19N3O5. The number of benzene rings is 2. The summed E-state index contributed by atoms with van der Waals surface area (Å²) in [5.74, 6) is -0.0213. The number of carbonyl (C=O) groups is 3. The van der Waals surface area contributed by atoms with Gasteiger partial charge in [-0.1, -0.05) is 0 Å². The van der Waals surface area contributed by atoms with Crippen LogP contribution in [0.2, 0.25) is 0 Å². The summed E-state index contributed by atoms with van der Waals surface area (Å²) in [7, 11) is 1.55. The van der Waals surface area contributed by atoms with Crippen molar-refractivity contribution in [2.45, 2.75) is 6.92 Å². The molecule has 2 aromatic rings. The Kier molecular flexibility index (Phi) is 6.55. The van der Waals surface area contributed by atoms with Crippen molar-refractivity contribution in [3.05, 3.63) is 54.1 Å². The number of carbonyl (C=O) groups excluding carboxylic acids is 3. The SMILES string of the molecule is COc1ccc(OCC(=O)NNC(=O)c2ccc(NC(C)=O)cc2)cc1. The third kappa shape index (κ3) is 5.82. The lowest BCUT2D eigenvalue weighted by Crippen LogP contribution is -2.43. The number of ether oxygens (including phenoxy) is 2. The number of methoxy groups -OCH3 is 1. The quantitative estimate of drug-likeness (QED) is 0.679. The van der Waals surface area contributed by atoms with Crippen LogP contribution in [0.5, 0.6) is 11.5 Å². The molecule has 0 aromatic heterocycles. The minimum Gasteiger partial charge on any atom is -0.497 e. The smallest absolute Gasteiger partial charge is 0.276 e. The molecule has 0 radical (unpaired) electrons. The van der Waals surface area contributed by atoms with Gasteiger partial charge in [0.25, 0.3) is 11.8 Å². The maximum Gasteiger partial charge on any atom is 0.276 e. The van der Waals surface area contributed by atoms with Crippen molar-refractivity contribution in [2.24, 2.45) is 0 Å². The molecule has 0 fully saturated rings. The number of nitrogens with one attached hydrogen (secondary N) is 3. The number of hydrogen-bond acceptors (Lipinski definition) is 5. The number of hydrogen-bond donors (Lipinski definition) is 3. The van der Waals surface area contributed by atoms with Gasteiger partial charge in [0.05, 0.1) is 7.11 Å². The highest BCUT2D eigenvalue weighted by molar-refractivity contribution is 5.96. The lowest BCUT2D eigenvalue weighted by atomic mass is 10.2. The maximum absolute atomic E-state index is 12.0. The molecule has 0 saturated heterocycles. The summed E-state index contributed by atoms with van der Waals surface area (Å²) in [6, 6.07) is 13.0. The Hall–Kier alpha value is -3.55. The van der Waals surface area contributed by atoms with E-state index in [1.165, 1.54) is 19.1 Å². The summed E-state index contributed by atoms with van der Waals surface area (Å²) in [6.07, 6.45) is 0. The van der Waals surface area contributed by atoms with E-state index in [1.54, 1.807) is 43.5 Å². The normalized spacial score (nSPS) is 9.77. The van der Waals surface area contributed by atoms with Crippen molar-refractivity contribution in [3.8, 4) is 11.5 Å². The zero-order chi connectivity index (χ0) is 18.9.